The van der Waals surface area contributed by atoms with E-state index in [4.69, 9.17) is 19.9 Å². The van der Waals surface area contributed by atoms with Crippen molar-refractivity contribution in [3.8, 4) is 5.75 Å². The number of methoxy groups -OCH3 is 1. The van der Waals surface area contributed by atoms with Crippen LogP contribution in [-0.4, -0.2) is 56.8 Å². The van der Waals surface area contributed by atoms with Gasteiger partial charge in [-0.3, -0.25) is 4.79 Å². The van der Waals surface area contributed by atoms with E-state index in [9.17, 15) is 9.59 Å². The molecule has 1 amide bonds. The number of carbonyl (C=O) groups excluding carboxylic acids is 2. The Balaban J connectivity index is 1.95. The molecule has 114 valence electrons. The average Bonchev–Trinajstić information content (AvgIpc) is 2.53. The van der Waals surface area contributed by atoms with Gasteiger partial charge in [0.05, 0.1) is 20.3 Å². The number of nitrogens with two attached hydrogens (primary N) is 1. The van der Waals surface area contributed by atoms with Crippen LogP contribution in [0.15, 0.2) is 18.2 Å². The fourth-order valence-electron chi connectivity index (χ4n) is 1.99. The number of rotatable bonds is 4. The van der Waals surface area contributed by atoms with E-state index >= 15 is 0 Å². The molecule has 1 aromatic rings. The zero-order valence-electron chi connectivity index (χ0n) is 11.8. The van der Waals surface area contributed by atoms with Gasteiger partial charge in [-0.2, -0.15) is 0 Å². The third kappa shape index (κ3) is 3.85. The van der Waals surface area contributed by atoms with Gasteiger partial charge in [-0.05, 0) is 18.2 Å². The molecule has 2 rings (SSSR count). The lowest BCUT2D eigenvalue weighted by atomic mass is 10.2. The van der Waals surface area contributed by atoms with Gasteiger partial charge in [-0.25, -0.2) is 4.79 Å². The Morgan fingerprint density at radius 2 is 2.05 bits per heavy atom. The third-order valence-corrected chi connectivity index (χ3v) is 3.13. The molecule has 1 aliphatic rings. The van der Waals surface area contributed by atoms with Crippen molar-refractivity contribution < 1.29 is 23.8 Å². The van der Waals surface area contributed by atoms with Crippen LogP contribution in [0.2, 0.25) is 0 Å². The molecule has 0 spiro atoms. The molecule has 1 heterocycles. The van der Waals surface area contributed by atoms with Crippen LogP contribution in [0.5, 0.6) is 5.75 Å². The molecule has 0 aliphatic carbocycles. The van der Waals surface area contributed by atoms with E-state index in [1.54, 1.807) is 17.0 Å². The minimum Gasteiger partial charge on any atom is -0.496 e. The molecule has 0 atom stereocenters. The quantitative estimate of drug-likeness (QED) is 0.634. The summed E-state index contributed by atoms with van der Waals surface area (Å²) in [7, 11) is 1.45. The topological polar surface area (TPSA) is 91.1 Å². The highest BCUT2D eigenvalue weighted by Gasteiger charge is 2.20. The van der Waals surface area contributed by atoms with Crippen molar-refractivity contribution in [3.63, 3.8) is 0 Å². The average molecular weight is 294 g/mol. The summed E-state index contributed by atoms with van der Waals surface area (Å²) < 4.78 is 15.3. The van der Waals surface area contributed by atoms with Crippen LogP contribution in [0.25, 0.3) is 0 Å². The molecule has 1 fully saturated rings. The third-order valence-electron chi connectivity index (χ3n) is 3.13. The largest absolute Gasteiger partial charge is 0.496 e. The summed E-state index contributed by atoms with van der Waals surface area (Å²) in [6, 6.07) is 4.66. The van der Waals surface area contributed by atoms with Gasteiger partial charge in [0.2, 0.25) is 0 Å². The Hall–Kier alpha value is -2.28. The summed E-state index contributed by atoms with van der Waals surface area (Å²) in [5, 5.41) is 0. The standard InChI is InChI=1S/C14H18N2O5/c1-19-12-3-2-10(15)8-11(12)14(18)21-9-13(17)16-4-6-20-7-5-16/h2-3,8H,4-7,9,15H2,1H3. The number of anilines is 1. The van der Waals surface area contributed by atoms with Gasteiger partial charge in [-0.1, -0.05) is 0 Å². The van der Waals surface area contributed by atoms with Gasteiger partial charge >= 0.3 is 5.97 Å². The minimum atomic E-state index is -0.638. The molecule has 0 saturated carbocycles. The van der Waals surface area contributed by atoms with Gasteiger partial charge in [0.1, 0.15) is 11.3 Å². The van der Waals surface area contributed by atoms with Gasteiger partial charge in [0.15, 0.2) is 6.61 Å². The van der Waals surface area contributed by atoms with Crippen molar-refractivity contribution in [2.75, 3.05) is 45.8 Å². The zero-order valence-corrected chi connectivity index (χ0v) is 11.8. The van der Waals surface area contributed by atoms with Gasteiger partial charge in [-0.15, -0.1) is 0 Å². The predicted octanol–water partition coefficient (Wildman–Crippen LogP) is 0.293. The van der Waals surface area contributed by atoms with Gasteiger partial charge in [0.25, 0.3) is 5.91 Å². The van der Waals surface area contributed by atoms with Gasteiger partial charge < -0.3 is 24.8 Å². The van der Waals surface area contributed by atoms with Crippen molar-refractivity contribution in [1.29, 1.82) is 0 Å². The van der Waals surface area contributed by atoms with E-state index in [1.807, 2.05) is 0 Å². The van der Waals surface area contributed by atoms with Crippen LogP contribution in [0.1, 0.15) is 10.4 Å². The summed E-state index contributed by atoms with van der Waals surface area (Å²) in [6.45, 7) is 1.72. The van der Waals surface area contributed by atoms with Crippen LogP contribution in [0.3, 0.4) is 0 Å². The number of morpholine rings is 1. The van der Waals surface area contributed by atoms with E-state index in [0.717, 1.165) is 0 Å². The lowest BCUT2D eigenvalue weighted by Crippen LogP contribution is -2.42. The fraction of sp³-hybridized carbons (Fsp3) is 0.429. The lowest BCUT2D eigenvalue weighted by Gasteiger charge is -2.26. The Morgan fingerprint density at radius 3 is 2.71 bits per heavy atom. The Morgan fingerprint density at radius 1 is 1.33 bits per heavy atom. The molecule has 1 saturated heterocycles. The molecule has 0 unspecified atom stereocenters. The molecular formula is C14H18N2O5. The van der Waals surface area contributed by atoms with E-state index in [0.29, 0.717) is 37.7 Å². The number of benzene rings is 1. The molecule has 2 N–H and O–H groups in total. The Kier molecular flexibility index (Phi) is 4.99. The first-order valence-corrected chi connectivity index (χ1v) is 6.58. The van der Waals surface area contributed by atoms with Crippen molar-refractivity contribution in [1.82, 2.24) is 4.90 Å². The number of amides is 1. The van der Waals surface area contributed by atoms with Crippen molar-refractivity contribution in [3.05, 3.63) is 23.8 Å². The Labute approximate surface area is 122 Å². The van der Waals surface area contributed by atoms with Crippen molar-refractivity contribution in [2.24, 2.45) is 0 Å². The second-order valence-electron chi connectivity index (χ2n) is 4.53. The fourth-order valence-corrected chi connectivity index (χ4v) is 1.99. The summed E-state index contributed by atoms with van der Waals surface area (Å²) >= 11 is 0. The van der Waals surface area contributed by atoms with E-state index in [1.165, 1.54) is 13.2 Å². The SMILES string of the molecule is COc1ccc(N)cc1C(=O)OCC(=O)N1CCOCC1. The highest BCUT2D eigenvalue weighted by atomic mass is 16.5. The van der Waals surface area contributed by atoms with Crippen molar-refractivity contribution >= 4 is 17.6 Å². The number of hydrogen-bond donors (Lipinski definition) is 1. The molecule has 7 nitrogen and oxygen atoms in total. The summed E-state index contributed by atoms with van der Waals surface area (Å²) in [6.07, 6.45) is 0. The maximum absolute atomic E-state index is 12.0. The second-order valence-corrected chi connectivity index (χ2v) is 4.53. The molecule has 0 radical (unpaired) electrons. The number of nitrogens with zero attached hydrogens (tertiary/aromatic N) is 1. The van der Waals surface area contributed by atoms with Crippen LogP contribution in [0, 0.1) is 0 Å². The number of nitrogen functional groups attached to an aromatic ring is 1. The molecule has 0 aromatic heterocycles. The van der Waals surface area contributed by atoms with Crippen molar-refractivity contribution in [2.45, 2.75) is 0 Å². The first-order chi connectivity index (χ1) is 10.1. The molecule has 7 heteroatoms. The smallest absolute Gasteiger partial charge is 0.342 e. The van der Waals surface area contributed by atoms with Crippen LogP contribution in [-0.2, 0) is 14.3 Å². The maximum Gasteiger partial charge on any atom is 0.342 e. The summed E-state index contributed by atoms with van der Waals surface area (Å²) in [5.41, 5.74) is 6.26. The predicted molar refractivity (Wildman–Crippen MR) is 75.1 cm³/mol. The monoisotopic (exact) mass is 294 g/mol. The first-order valence-electron chi connectivity index (χ1n) is 6.58. The van der Waals surface area contributed by atoms with E-state index in [-0.39, 0.29) is 18.1 Å². The van der Waals surface area contributed by atoms with Crippen LogP contribution < -0.4 is 10.5 Å². The molecular weight excluding hydrogens is 276 g/mol. The van der Waals surface area contributed by atoms with Gasteiger partial charge in [0, 0.05) is 18.8 Å². The normalized spacial score (nSPS) is 14.6. The number of esters is 1. The lowest BCUT2D eigenvalue weighted by molar-refractivity contribution is -0.138. The first kappa shape index (κ1) is 15.1. The number of hydrogen-bond acceptors (Lipinski definition) is 6. The number of carbonyl (C=O) groups is 2. The number of ether oxygens (including phenoxy) is 3. The van der Waals surface area contributed by atoms with E-state index < -0.39 is 5.97 Å². The zero-order chi connectivity index (χ0) is 15.2. The second kappa shape index (κ2) is 6.94. The molecule has 0 bridgehead atoms. The summed E-state index contributed by atoms with van der Waals surface area (Å²) in [5.74, 6) is -0.525. The van der Waals surface area contributed by atoms with Crippen LogP contribution in [0.4, 0.5) is 5.69 Å². The Bertz CT molecular complexity index is 526. The molecule has 1 aromatic carbocycles. The highest BCUT2D eigenvalue weighted by molar-refractivity contribution is 5.95. The summed E-state index contributed by atoms with van der Waals surface area (Å²) in [4.78, 5) is 25.5. The minimum absolute atomic E-state index is 0.201. The van der Waals surface area contributed by atoms with E-state index in [2.05, 4.69) is 0 Å². The molecule has 21 heavy (non-hydrogen) atoms. The highest BCUT2D eigenvalue weighted by Crippen LogP contribution is 2.21. The van der Waals surface area contributed by atoms with Crippen LogP contribution >= 0.6 is 0 Å². The maximum atomic E-state index is 12.0. The molecule has 1 aliphatic heterocycles.